The SMILES string of the molecule is Cc1ccc(C(C)NC(c2ccccc2)C(C)C)c(O)c1. The lowest BCUT2D eigenvalue weighted by atomic mass is 9.94. The number of nitrogens with one attached hydrogen (secondary N) is 1. The van der Waals surface area contributed by atoms with Gasteiger partial charge in [0, 0.05) is 17.6 Å². The quantitative estimate of drug-likeness (QED) is 0.830. The monoisotopic (exact) mass is 283 g/mol. The van der Waals surface area contributed by atoms with Crippen LogP contribution in [0, 0.1) is 12.8 Å². The Bertz CT molecular complexity index is 577. The van der Waals surface area contributed by atoms with Crippen LogP contribution in [-0.4, -0.2) is 5.11 Å². The van der Waals surface area contributed by atoms with E-state index in [1.807, 2.05) is 31.2 Å². The van der Waals surface area contributed by atoms with Crippen LogP contribution in [0.1, 0.15) is 49.5 Å². The van der Waals surface area contributed by atoms with Gasteiger partial charge in [-0.2, -0.15) is 0 Å². The average Bonchev–Trinajstić information content (AvgIpc) is 2.45. The molecule has 2 atom stereocenters. The van der Waals surface area contributed by atoms with Crippen molar-refractivity contribution >= 4 is 0 Å². The number of benzene rings is 2. The Morgan fingerprint density at radius 1 is 0.952 bits per heavy atom. The number of aromatic hydroxyl groups is 1. The number of hydrogen-bond donors (Lipinski definition) is 2. The Balaban J connectivity index is 2.21. The molecule has 112 valence electrons. The summed E-state index contributed by atoms with van der Waals surface area (Å²) in [6.07, 6.45) is 0. The van der Waals surface area contributed by atoms with Gasteiger partial charge in [-0.15, -0.1) is 0 Å². The molecule has 0 heterocycles. The Morgan fingerprint density at radius 2 is 1.62 bits per heavy atom. The highest BCUT2D eigenvalue weighted by molar-refractivity contribution is 5.38. The predicted molar refractivity (Wildman–Crippen MR) is 88.4 cm³/mol. The lowest BCUT2D eigenvalue weighted by molar-refractivity contribution is 0.366. The third-order valence-electron chi connectivity index (χ3n) is 3.91. The third-order valence-corrected chi connectivity index (χ3v) is 3.91. The summed E-state index contributed by atoms with van der Waals surface area (Å²) in [5.74, 6) is 0.841. The minimum absolute atomic E-state index is 0.0956. The summed E-state index contributed by atoms with van der Waals surface area (Å²) in [5, 5.41) is 13.8. The Labute approximate surface area is 127 Å². The van der Waals surface area contributed by atoms with Gasteiger partial charge in [0.05, 0.1) is 0 Å². The topological polar surface area (TPSA) is 32.3 Å². The van der Waals surface area contributed by atoms with E-state index in [4.69, 9.17) is 0 Å². The summed E-state index contributed by atoms with van der Waals surface area (Å²) >= 11 is 0. The molecule has 0 saturated carbocycles. The van der Waals surface area contributed by atoms with Crippen molar-refractivity contribution in [3.05, 3.63) is 65.2 Å². The molecule has 0 fully saturated rings. The second-order valence-corrected chi connectivity index (χ2v) is 6.08. The summed E-state index contributed by atoms with van der Waals surface area (Å²) in [6, 6.07) is 16.7. The second kappa shape index (κ2) is 6.77. The molecule has 21 heavy (non-hydrogen) atoms. The van der Waals surface area contributed by atoms with Gasteiger partial charge < -0.3 is 10.4 Å². The lowest BCUT2D eigenvalue weighted by Gasteiger charge is -2.27. The van der Waals surface area contributed by atoms with Crippen molar-refractivity contribution in [3.8, 4) is 5.75 Å². The molecule has 0 spiro atoms. The van der Waals surface area contributed by atoms with Gasteiger partial charge in [0.2, 0.25) is 0 Å². The molecule has 0 saturated heterocycles. The van der Waals surface area contributed by atoms with Crippen LogP contribution in [0.5, 0.6) is 5.75 Å². The van der Waals surface area contributed by atoms with Gasteiger partial charge in [-0.05, 0) is 37.0 Å². The minimum atomic E-state index is 0.0956. The van der Waals surface area contributed by atoms with E-state index in [2.05, 4.69) is 50.4 Å². The van der Waals surface area contributed by atoms with Crippen molar-refractivity contribution in [1.29, 1.82) is 0 Å². The molecule has 0 aromatic heterocycles. The number of aryl methyl sites for hydroxylation is 1. The Hall–Kier alpha value is -1.80. The second-order valence-electron chi connectivity index (χ2n) is 6.08. The summed E-state index contributed by atoms with van der Waals surface area (Å²) in [5.41, 5.74) is 3.31. The normalized spacial score (nSPS) is 14.1. The molecule has 0 radical (unpaired) electrons. The fraction of sp³-hybridized carbons (Fsp3) is 0.368. The van der Waals surface area contributed by atoms with E-state index in [9.17, 15) is 5.11 Å². The molecule has 0 aliphatic heterocycles. The fourth-order valence-electron chi connectivity index (χ4n) is 2.71. The molecule has 2 unspecified atom stereocenters. The van der Waals surface area contributed by atoms with Gasteiger partial charge in [0.25, 0.3) is 0 Å². The van der Waals surface area contributed by atoms with E-state index in [1.165, 1.54) is 5.56 Å². The molecule has 2 aromatic carbocycles. The molecular weight excluding hydrogens is 258 g/mol. The van der Waals surface area contributed by atoms with E-state index >= 15 is 0 Å². The predicted octanol–water partition coefficient (Wildman–Crippen LogP) is 4.75. The molecular formula is C19H25NO. The molecule has 0 amide bonds. The highest BCUT2D eigenvalue weighted by Gasteiger charge is 2.20. The number of rotatable bonds is 5. The zero-order chi connectivity index (χ0) is 15.4. The maximum absolute atomic E-state index is 10.1. The minimum Gasteiger partial charge on any atom is -0.508 e. The first-order valence-corrected chi connectivity index (χ1v) is 7.59. The van der Waals surface area contributed by atoms with Crippen LogP contribution >= 0.6 is 0 Å². The summed E-state index contributed by atoms with van der Waals surface area (Å²) < 4.78 is 0. The van der Waals surface area contributed by atoms with Gasteiger partial charge in [0.15, 0.2) is 0 Å². The van der Waals surface area contributed by atoms with Crippen molar-refractivity contribution in [2.24, 2.45) is 5.92 Å². The summed E-state index contributed by atoms with van der Waals surface area (Å²) in [6.45, 7) is 8.52. The highest BCUT2D eigenvalue weighted by Crippen LogP contribution is 2.29. The highest BCUT2D eigenvalue weighted by atomic mass is 16.3. The average molecular weight is 283 g/mol. The fourth-order valence-corrected chi connectivity index (χ4v) is 2.71. The maximum Gasteiger partial charge on any atom is 0.120 e. The molecule has 2 aromatic rings. The zero-order valence-electron chi connectivity index (χ0n) is 13.3. The van der Waals surface area contributed by atoms with Gasteiger partial charge in [-0.25, -0.2) is 0 Å². The molecule has 0 aliphatic carbocycles. The van der Waals surface area contributed by atoms with Crippen LogP contribution in [0.25, 0.3) is 0 Å². The van der Waals surface area contributed by atoms with Crippen molar-refractivity contribution in [1.82, 2.24) is 5.32 Å². The van der Waals surface area contributed by atoms with Crippen LogP contribution in [0.4, 0.5) is 0 Å². The maximum atomic E-state index is 10.1. The van der Waals surface area contributed by atoms with Crippen molar-refractivity contribution in [2.75, 3.05) is 0 Å². The first-order valence-electron chi connectivity index (χ1n) is 7.59. The largest absolute Gasteiger partial charge is 0.508 e. The van der Waals surface area contributed by atoms with Crippen LogP contribution < -0.4 is 5.32 Å². The molecule has 0 aliphatic rings. The van der Waals surface area contributed by atoms with Crippen LogP contribution in [0.2, 0.25) is 0 Å². The first kappa shape index (κ1) is 15.6. The number of phenols is 1. The standard InChI is InChI=1S/C19H25NO/c1-13(2)19(16-8-6-5-7-9-16)20-15(4)17-11-10-14(3)12-18(17)21/h5-13,15,19-21H,1-4H3. The van der Waals surface area contributed by atoms with Crippen molar-refractivity contribution < 1.29 is 5.11 Å². The smallest absolute Gasteiger partial charge is 0.120 e. The Kier molecular flexibility index (Phi) is 5.03. The van der Waals surface area contributed by atoms with Gasteiger partial charge in [0.1, 0.15) is 5.75 Å². The lowest BCUT2D eigenvalue weighted by Crippen LogP contribution is -2.28. The van der Waals surface area contributed by atoms with Crippen molar-refractivity contribution in [3.63, 3.8) is 0 Å². The van der Waals surface area contributed by atoms with E-state index in [0.717, 1.165) is 11.1 Å². The van der Waals surface area contributed by atoms with E-state index in [0.29, 0.717) is 11.7 Å². The number of hydrogen-bond acceptors (Lipinski definition) is 2. The molecule has 2 nitrogen and oxygen atoms in total. The first-order chi connectivity index (χ1) is 9.99. The summed E-state index contributed by atoms with van der Waals surface area (Å²) in [7, 11) is 0. The Morgan fingerprint density at radius 3 is 2.19 bits per heavy atom. The van der Waals surface area contributed by atoms with Gasteiger partial charge >= 0.3 is 0 Å². The van der Waals surface area contributed by atoms with E-state index in [1.54, 1.807) is 0 Å². The van der Waals surface area contributed by atoms with E-state index in [-0.39, 0.29) is 12.1 Å². The van der Waals surface area contributed by atoms with Crippen molar-refractivity contribution in [2.45, 2.75) is 39.8 Å². The molecule has 2 rings (SSSR count). The van der Waals surface area contributed by atoms with Crippen LogP contribution in [0.3, 0.4) is 0 Å². The van der Waals surface area contributed by atoms with E-state index < -0.39 is 0 Å². The van der Waals surface area contributed by atoms with Crippen LogP contribution in [-0.2, 0) is 0 Å². The molecule has 0 bridgehead atoms. The molecule has 2 heteroatoms. The zero-order valence-corrected chi connectivity index (χ0v) is 13.3. The van der Waals surface area contributed by atoms with Gasteiger partial charge in [-0.3, -0.25) is 0 Å². The number of phenolic OH excluding ortho intramolecular Hbond substituents is 1. The summed E-state index contributed by atoms with van der Waals surface area (Å²) in [4.78, 5) is 0. The van der Waals surface area contributed by atoms with Crippen LogP contribution in [0.15, 0.2) is 48.5 Å². The third kappa shape index (κ3) is 3.85. The molecule has 2 N–H and O–H groups in total. The van der Waals surface area contributed by atoms with Gasteiger partial charge in [-0.1, -0.05) is 56.3 Å².